The molecule has 54 valence electrons. The summed E-state index contributed by atoms with van der Waals surface area (Å²) in [4.78, 5) is 2.39. The van der Waals surface area contributed by atoms with Gasteiger partial charge in [0, 0.05) is 0 Å². The molecule has 1 nitrogen and oxygen atoms in total. The predicted octanol–water partition coefficient (Wildman–Crippen LogP) is 0.608. The summed E-state index contributed by atoms with van der Waals surface area (Å²) in [6.45, 7) is 2.64. The average molecular weight is 162 g/mol. The summed E-state index contributed by atoms with van der Waals surface area (Å²) in [5.74, 6) is 0. The molecule has 0 aromatic carbocycles. The van der Waals surface area contributed by atoms with E-state index in [1.807, 2.05) is 0 Å². The number of likely N-dealkylation sites (tertiary alicyclic amines) is 1. The number of halogens is 1. The molecular formula is C6H16ClMgN. The largest absolute Gasteiger partial charge is 0.316 e. The maximum absolute atomic E-state index is 2.39. The molecule has 0 atom stereocenters. The number of hydrogen-bond donors (Lipinski definition) is 0. The van der Waals surface area contributed by atoms with E-state index in [1.165, 1.54) is 32.4 Å². The summed E-state index contributed by atoms with van der Waals surface area (Å²) in [7, 11) is 2.19. The third-order valence-corrected chi connectivity index (χ3v) is 1.58. The van der Waals surface area contributed by atoms with Crippen LogP contribution in [0.5, 0.6) is 0 Å². The van der Waals surface area contributed by atoms with Crippen molar-refractivity contribution in [2.24, 2.45) is 0 Å². The first-order chi connectivity index (χ1) is 3.39. The molecule has 0 aromatic rings. The molecule has 0 aliphatic carbocycles. The van der Waals surface area contributed by atoms with Gasteiger partial charge in [0.1, 0.15) is 0 Å². The smallest absolute Gasteiger partial charge is 0.306 e. The summed E-state index contributed by atoms with van der Waals surface area (Å²) in [6.07, 6.45) is 4.28. The maximum Gasteiger partial charge on any atom is 0.316 e. The van der Waals surface area contributed by atoms with Crippen LogP contribution >= 0.6 is 12.4 Å². The van der Waals surface area contributed by atoms with Crippen LogP contribution in [-0.4, -0.2) is 48.1 Å². The molecule has 9 heavy (non-hydrogen) atoms. The Labute approximate surface area is 79.7 Å². The van der Waals surface area contributed by atoms with E-state index >= 15 is 0 Å². The number of piperidine rings is 1. The highest BCUT2D eigenvalue weighted by Crippen LogP contribution is 2.04. The average Bonchev–Trinajstić information content (AvgIpc) is 1.69. The van der Waals surface area contributed by atoms with Crippen LogP contribution in [0, 0.1) is 0 Å². The van der Waals surface area contributed by atoms with E-state index in [2.05, 4.69) is 11.9 Å². The lowest BCUT2D eigenvalue weighted by atomic mass is 10.1. The predicted molar refractivity (Wildman–Crippen MR) is 47.1 cm³/mol. The van der Waals surface area contributed by atoms with Crippen molar-refractivity contribution < 1.29 is 0 Å². The highest BCUT2D eigenvalue weighted by atomic mass is 35.5. The van der Waals surface area contributed by atoms with E-state index < -0.39 is 0 Å². The SMILES string of the molecule is CN1CCCCC1.Cl.[MgH2]. The minimum atomic E-state index is 0. The summed E-state index contributed by atoms with van der Waals surface area (Å²) >= 11 is 0. The third kappa shape index (κ3) is 5.46. The minimum absolute atomic E-state index is 0. The lowest BCUT2D eigenvalue weighted by Crippen LogP contribution is -2.24. The molecule has 0 saturated carbocycles. The van der Waals surface area contributed by atoms with Gasteiger partial charge in [-0.25, -0.2) is 0 Å². The van der Waals surface area contributed by atoms with E-state index in [0.29, 0.717) is 0 Å². The van der Waals surface area contributed by atoms with Gasteiger partial charge in [-0.2, -0.15) is 0 Å². The van der Waals surface area contributed by atoms with Crippen molar-refractivity contribution >= 4 is 35.5 Å². The number of rotatable bonds is 0. The summed E-state index contributed by atoms with van der Waals surface area (Å²) < 4.78 is 0. The van der Waals surface area contributed by atoms with Crippen LogP contribution in [0.15, 0.2) is 0 Å². The molecule has 0 radical (unpaired) electrons. The molecule has 0 amide bonds. The topological polar surface area (TPSA) is 3.24 Å². The van der Waals surface area contributed by atoms with Crippen molar-refractivity contribution in [2.45, 2.75) is 19.3 Å². The molecular weight excluding hydrogens is 146 g/mol. The molecule has 1 fully saturated rings. The standard InChI is InChI=1S/C6H13N.ClH.Mg.2H/c1-7-5-3-2-4-6-7;;;;/h2-6H2,1H3;1H;;;. The van der Waals surface area contributed by atoms with E-state index in [9.17, 15) is 0 Å². The van der Waals surface area contributed by atoms with Crippen molar-refractivity contribution in [3.8, 4) is 0 Å². The Bertz CT molecular complexity index is 55.0. The van der Waals surface area contributed by atoms with Crippen LogP contribution in [0.25, 0.3) is 0 Å². The van der Waals surface area contributed by atoms with Crippen LogP contribution < -0.4 is 0 Å². The summed E-state index contributed by atoms with van der Waals surface area (Å²) in [5, 5.41) is 0. The van der Waals surface area contributed by atoms with Gasteiger partial charge in [0.05, 0.1) is 0 Å². The van der Waals surface area contributed by atoms with E-state index in [4.69, 9.17) is 0 Å². The number of nitrogens with zero attached hydrogens (tertiary/aromatic N) is 1. The second-order valence-electron chi connectivity index (χ2n) is 2.36. The Balaban J connectivity index is 0. The van der Waals surface area contributed by atoms with E-state index in [0.717, 1.165) is 0 Å². The van der Waals surface area contributed by atoms with Gasteiger partial charge in [0.2, 0.25) is 0 Å². The van der Waals surface area contributed by atoms with Crippen LogP contribution in [0.1, 0.15) is 19.3 Å². The second-order valence-corrected chi connectivity index (χ2v) is 2.36. The Kier molecular flexibility index (Phi) is 10.0. The van der Waals surface area contributed by atoms with Gasteiger partial charge >= 0.3 is 23.1 Å². The first-order valence-corrected chi connectivity index (χ1v) is 3.08. The molecule has 0 bridgehead atoms. The molecule has 1 aliphatic rings. The lowest BCUT2D eigenvalue weighted by molar-refractivity contribution is 0.277. The highest BCUT2D eigenvalue weighted by molar-refractivity contribution is 5.85. The van der Waals surface area contributed by atoms with Crippen LogP contribution in [0.3, 0.4) is 0 Å². The Hall–Kier alpha value is 1.02. The fraction of sp³-hybridized carbons (Fsp3) is 1.00. The zero-order valence-electron chi connectivity index (χ0n) is 5.39. The van der Waals surface area contributed by atoms with Gasteiger partial charge in [0.15, 0.2) is 0 Å². The lowest BCUT2D eigenvalue weighted by Gasteiger charge is -2.20. The zero-order chi connectivity index (χ0) is 5.11. The van der Waals surface area contributed by atoms with Crippen molar-refractivity contribution in [2.75, 3.05) is 20.1 Å². The summed E-state index contributed by atoms with van der Waals surface area (Å²) in [6, 6.07) is 0. The fourth-order valence-electron chi connectivity index (χ4n) is 1.05. The molecule has 0 N–H and O–H groups in total. The molecule has 3 heteroatoms. The van der Waals surface area contributed by atoms with Crippen molar-refractivity contribution in [3.63, 3.8) is 0 Å². The summed E-state index contributed by atoms with van der Waals surface area (Å²) in [5.41, 5.74) is 0. The quantitative estimate of drug-likeness (QED) is 0.471. The third-order valence-electron chi connectivity index (χ3n) is 1.58. The monoisotopic (exact) mass is 161 g/mol. The Morgan fingerprint density at radius 1 is 1.00 bits per heavy atom. The first kappa shape index (κ1) is 12.7. The van der Waals surface area contributed by atoms with E-state index in [-0.39, 0.29) is 35.5 Å². The molecule has 1 aliphatic heterocycles. The molecule has 1 rings (SSSR count). The normalized spacial score (nSPS) is 19.7. The van der Waals surface area contributed by atoms with Gasteiger partial charge in [-0.15, -0.1) is 12.4 Å². The highest BCUT2D eigenvalue weighted by Gasteiger charge is 2.02. The molecule has 0 aromatic heterocycles. The Morgan fingerprint density at radius 3 is 1.67 bits per heavy atom. The van der Waals surface area contributed by atoms with Gasteiger partial charge in [-0.1, -0.05) is 6.42 Å². The molecule has 0 unspecified atom stereocenters. The van der Waals surface area contributed by atoms with Crippen LogP contribution in [-0.2, 0) is 0 Å². The van der Waals surface area contributed by atoms with Gasteiger partial charge in [0.25, 0.3) is 0 Å². The van der Waals surface area contributed by atoms with Crippen molar-refractivity contribution in [3.05, 3.63) is 0 Å². The van der Waals surface area contributed by atoms with Gasteiger partial charge in [-0.05, 0) is 33.0 Å². The second kappa shape index (κ2) is 7.13. The van der Waals surface area contributed by atoms with Crippen molar-refractivity contribution in [1.82, 2.24) is 4.90 Å². The Morgan fingerprint density at radius 2 is 1.44 bits per heavy atom. The first-order valence-electron chi connectivity index (χ1n) is 3.08. The van der Waals surface area contributed by atoms with Crippen molar-refractivity contribution in [1.29, 1.82) is 0 Å². The minimum Gasteiger partial charge on any atom is -0.306 e. The molecule has 0 spiro atoms. The maximum atomic E-state index is 2.39. The molecule has 1 heterocycles. The van der Waals surface area contributed by atoms with E-state index in [1.54, 1.807) is 0 Å². The number of hydrogen-bond acceptors (Lipinski definition) is 1. The zero-order valence-corrected chi connectivity index (χ0v) is 6.21. The van der Waals surface area contributed by atoms with Crippen LogP contribution in [0.4, 0.5) is 0 Å². The molecule has 1 saturated heterocycles. The van der Waals surface area contributed by atoms with Gasteiger partial charge in [-0.3, -0.25) is 0 Å². The van der Waals surface area contributed by atoms with Crippen LogP contribution in [0.2, 0.25) is 0 Å². The fourth-order valence-corrected chi connectivity index (χ4v) is 1.05. The van der Waals surface area contributed by atoms with Gasteiger partial charge < -0.3 is 4.90 Å².